The average Bonchev–Trinajstić information content (AvgIpc) is 2.39. The minimum absolute atomic E-state index is 0.159. The molecule has 0 bridgehead atoms. The molecule has 20 heavy (non-hydrogen) atoms. The molecule has 0 amide bonds. The highest BCUT2D eigenvalue weighted by atomic mass is 32.2. The van der Waals surface area contributed by atoms with Gasteiger partial charge < -0.3 is 5.32 Å². The van der Waals surface area contributed by atoms with Crippen molar-refractivity contribution in [2.75, 3.05) is 23.9 Å². The van der Waals surface area contributed by atoms with E-state index in [2.05, 4.69) is 5.32 Å². The standard InChI is InChI=1S/C14H23NO3S2/c1-4-11-20(17,18)14-7-5-13(6-8-14)15-10-9-12(2)19(3)16/h5-8,12,15H,4,9-11H2,1-3H3. The molecule has 1 rings (SSSR count). The second-order valence-corrected chi connectivity index (χ2v) is 8.78. The van der Waals surface area contributed by atoms with Crippen molar-refractivity contribution in [3.05, 3.63) is 24.3 Å². The molecule has 2 unspecified atom stereocenters. The summed E-state index contributed by atoms with van der Waals surface area (Å²) in [5.74, 6) is 0.180. The quantitative estimate of drug-likeness (QED) is 0.800. The first-order valence-electron chi connectivity index (χ1n) is 6.75. The molecule has 0 aliphatic carbocycles. The summed E-state index contributed by atoms with van der Waals surface area (Å²) in [5.41, 5.74) is 0.884. The second-order valence-electron chi connectivity index (χ2n) is 4.87. The number of hydrogen-bond donors (Lipinski definition) is 1. The van der Waals surface area contributed by atoms with Crippen molar-refractivity contribution in [1.29, 1.82) is 0 Å². The number of rotatable bonds is 8. The van der Waals surface area contributed by atoms with Gasteiger partial charge >= 0.3 is 0 Å². The molecule has 0 heterocycles. The zero-order valence-corrected chi connectivity index (χ0v) is 13.9. The van der Waals surface area contributed by atoms with E-state index >= 15 is 0 Å². The smallest absolute Gasteiger partial charge is 0.178 e. The Kier molecular flexibility index (Phi) is 6.68. The van der Waals surface area contributed by atoms with Gasteiger partial charge in [-0.15, -0.1) is 0 Å². The highest BCUT2D eigenvalue weighted by Gasteiger charge is 2.12. The molecular weight excluding hydrogens is 294 g/mol. The molecule has 0 aromatic heterocycles. The van der Waals surface area contributed by atoms with Crippen LogP contribution in [-0.4, -0.2) is 36.4 Å². The zero-order chi connectivity index (χ0) is 15.2. The summed E-state index contributed by atoms with van der Waals surface area (Å²) < 4.78 is 35.0. The van der Waals surface area contributed by atoms with Crippen LogP contribution in [0.5, 0.6) is 0 Å². The number of anilines is 1. The third kappa shape index (κ3) is 5.25. The van der Waals surface area contributed by atoms with Crippen LogP contribution in [0.4, 0.5) is 5.69 Å². The Morgan fingerprint density at radius 3 is 2.35 bits per heavy atom. The summed E-state index contributed by atoms with van der Waals surface area (Å²) in [5, 5.41) is 3.37. The third-order valence-corrected chi connectivity index (χ3v) is 6.44. The number of nitrogens with one attached hydrogen (secondary N) is 1. The van der Waals surface area contributed by atoms with Crippen molar-refractivity contribution in [2.45, 2.75) is 36.8 Å². The van der Waals surface area contributed by atoms with Crippen LogP contribution in [0.25, 0.3) is 0 Å². The normalized spacial score (nSPS) is 14.8. The van der Waals surface area contributed by atoms with Crippen LogP contribution in [0.3, 0.4) is 0 Å². The summed E-state index contributed by atoms with van der Waals surface area (Å²) >= 11 is 0. The van der Waals surface area contributed by atoms with E-state index in [0.29, 0.717) is 11.3 Å². The maximum Gasteiger partial charge on any atom is 0.178 e. The van der Waals surface area contributed by atoms with Crippen molar-refractivity contribution >= 4 is 26.3 Å². The van der Waals surface area contributed by atoms with E-state index < -0.39 is 20.6 Å². The van der Waals surface area contributed by atoms with Crippen molar-refractivity contribution < 1.29 is 12.6 Å². The van der Waals surface area contributed by atoms with Crippen molar-refractivity contribution in [1.82, 2.24) is 0 Å². The summed E-state index contributed by atoms with van der Waals surface area (Å²) in [6.45, 7) is 4.53. The Hall–Kier alpha value is -0.880. The Morgan fingerprint density at radius 1 is 1.25 bits per heavy atom. The molecule has 0 aliphatic rings. The first kappa shape index (κ1) is 17.2. The molecule has 0 saturated carbocycles. The fourth-order valence-electron chi connectivity index (χ4n) is 1.75. The fourth-order valence-corrected chi connectivity index (χ4v) is 3.53. The van der Waals surface area contributed by atoms with Gasteiger partial charge in [-0.2, -0.15) is 0 Å². The number of benzene rings is 1. The van der Waals surface area contributed by atoms with Gasteiger partial charge in [-0.1, -0.05) is 13.8 Å². The Labute approximate surface area is 124 Å². The van der Waals surface area contributed by atoms with Crippen molar-refractivity contribution in [2.24, 2.45) is 0 Å². The van der Waals surface area contributed by atoms with E-state index in [9.17, 15) is 12.6 Å². The van der Waals surface area contributed by atoms with Crippen molar-refractivity contribution in [3.63, 3.8) is 0 Å². The Morgan fingerprint density at radius 2 is 1.85 bits per heavy atom. The fraction of sp³-hybridized carbons (Fsp3) is 0.571. The highest BCUT2D eigenvalue weighted by molar-refractivity contribution is 7.91. The molecule has 1 N–H and O–H groups in total. The summed E-state index contributed by atoms with van der Waals surface area (Å²) in [7, 11) is -3.95. The van der Waals surface area contributed by atoms with Gasteiger partial charge in [0.05, 0.1) is 10.6 Å². The first-order chi connectivity index (χ1) is 9.36. The van der Waals surface area contributed by atoms with Crippen LogP contribution < -0.4 is 5.32 Å². The topological polar surface area (TPSA) is 63.2 Å². The molecule has 6 heteroatoms. The molecule has 4 nitrogen and oxygen atoms in total. The van der Waals surface area contributed by atoms with Crippen LogP contribution in [0.1, 0.15) is 26.7 Å². The van der Waals surface area contributed by atoms with E-state index in [4.69, 9.17) is 0 Å². The Bertz CT molecular complexity index is 538. The molecular formula is C14H23NO3S2. The average molecular weight is 317 g/mol. The van der Waals surface area contributed by atoms with Gasteiger partial charge in [-0.3, -0.25) is 4.21 Å². The SMILES string of the molecule is CCCS(=O)(=O)c1ccc(NCCC(C)S(C)=O)cc1. The van der Waals surface area contributed by atoms with E-state index in [1.54, 1.807) is 30.5 Å². The number of sulfone groups is 1. The summed E-state index contributed by atoms with van der Waals surface area (Å²) in [6, 6.07) is 6.82. The molecule has 0 radical (unpaired) electrons. The van der Waals surface area contributed by atoms with Gasteiger partial charge in [0.15, 0.2) is 9.84 Å². The van der Waals surface area contributed by atoms with Gasteiger partial charge in [0, 0.05) is 34.5 Å². The third-order valence-electron chi connectivity index (χ3n) is 3.13. The van der Waals surface area contributed by atoms with Gasteiger partial charge in [0.1, 0.15) is 0 Å². The molecule has 0 spiro atoms. The van der Waals surface area contributed by atoms with Gasteiger partial charge in [-0.25, -0.2) is 8.42 Å². The molecule has 1 aromatic rings. The molecule has 114 valence electrons. The highest BCUT2D eigenvalue weighted by Crippen LogP contribution is 2.16. The van der Waals surface area contributed by atoms with E-state index in [1.165, 1.54) is 0 Å². The molecule has 0 saturated heterocycles. The second kappa shape index (κ2) is 7.78. The lowest BCUT2D eigenvalue weighted by Gasteiger charge is -2.11. The predicted molar refractivity (Wildman–Crippen MR) is 85.4 cm³/mol. The maximum absolute atomic E-state index is 11.9. The first-order valence-corrected chi connectivity index (χ1v) is 10.0. The van der Waals surface area contributed by atoms with Gasteiger partial charge in [-0.05, 0) is 37.1 Å². The van der Waals surface area contributed by atoms with Crippen LogP contribution in [0, 0.1) is 0 Å². The lowest BCUT2D eigenvalue weighted by molar-refractivity contribution is 0.594. The zero-order valence-electron chi connectivity index (χ0n) is 12.3. The monoisotopic (exact) mass is 317 g/mol. The van der Waals surface area contributed by atoms with E-state index in [-0.39, 0.29) is 11.0 Å². The maximum atomic E-state index is 11.9. The molecule has 0 fully saturated rings. The Balaban J connectivity index is 2.57. The lowest BCUT2D eigenvalue weighted by atomic mass is 10.3. The van der Waals surface area contributed by atoms with Crippen molar-refractivity contribution in [3.8, 4) is 0 Å². The molecule has 2 atom stereocenters. The molecule has 1 aromatic carbocycles. The lowest BCUT2D eigenvalue weighted by Crippen LogP contribution is -2.14. The predicted octanol–water partition coefficient (Wildman–Crippen LogP) is 2.44. The number of hydrogen-bond acceptors (Lipinski definition) is 4. The van der Waals surface area contributed by atoms with Crippen LogP contribution in [0.15, 0.2) is 29.2 Å². The molecule has 0 aliphatic heterocycles. The van der Waals surface area contributed by atoms with E-state index in [0.717, 1.165) is 18.7 Å². The van der Waals surface area contributed by atoms with Crippen LogP contribution in [0.2, 0.25) is 0 Å². The summed E-state index contributed by atoms with van der Waals surface area (Å²) in [4.78, 5) is 0.368. The largest absolute Gasteiger partial charge is 0.385 e. The summed E-state index contributed by atoms with van der Waals surface area (Å²) in [6.07, 6.45) is 3.14. The van der Waals surface area contributed by atoms with Gasteiger partial charge in [0.2, 0.25) is 0 Å². The van der Waals surface area contributed by atoms with Crippen LogP contribution >= 0.6 is 0 Å². The minimum atomic E-state index is -3.14. The van der Waals surface area contributed by atoms with Gasteiger partial charge in [0.25, 0.3) is 0 Å². The minimum Gasteiger partial charge on any atom is -0.385 e. The van der Waals surface area contributed by atoms with E-state index in [1.807, 2.05) is 13.8 Å². The van der Waals surface area contributed by atoms with Crippen LogP contribution in [-0.2, 0) is 20.6 Å².